The number of hydrogen-bond acceptors (Lipinski definition) is 3. The van der Waals surface area contributed by atoms with Gasteiger partial charge in [-0.2, -0.15) is 0 Å². The number of carbonyl (C=O) groups is 3. The van der Waals surface area contributed by atoms with Crippen molar-refractivity contribution >= 4 is 17.7 Å². The van der Waals surface area contributed by atoms with Gasteiger partial charge in [0, 0.05) is 18.9 Å². The van der Waals surface area contributed by atoms with Crippen LogP contribution in [0.25, 0.3) is 0 Å². The van der Waals surface area contributed by atoms with Crippen molar-refractivity contribution in [1.29, 1.82) is 0 Å². The highest BCUT2D eigenvalue weighted by Crippen LogP contribution is 2.17. The average Bonchev–Trinajstić information content (AvgIpc) is 2.82. The number of carbonyl (C=O) groups excluding carboxylic acids is 3. The van der Waals surface area contributed by atoms with Crippen molar-refractivity contribution in [2.45, 2.75) is 87.5 Å². The van der Waals surface area contributed by atoms with Crippen LogP contribution in [0.4, 0.5) is 0 Å². The Bertz CT molecular complexity index is 331. The van der Waals surface area contributed by atoms with Crippen molar-refractivity contribution in [3.05, 3.63) is 0 Å². The van der Waals surface area contributed by atoms with Crippen LogP contribution in [0.5, 0.6) is 0 Å². The van der Waals surface area contributed by atoms with E-state index in [9.17, 15) is 14.4 Å². The maximum absolute atomic E-state index is 11.6. The molecule has 0 aromatic rings. The molecule has 5 nitrogen and oxygen atoms in total. The van der Waals surface area contributed by atoms with Crippen molar-refractivity contribution in [3.63, 3.8) is 0 Å². The lowest BCUT2D eigenvalue weighted by atomic mass is 10.1. The van der Waals surface area contributed by atoms with Gasteiger partial charge in [-0.3, -0.25) is 19.3 Å². The number of imide groups is 1. The Morgan fingerprint density at radius 1 is 1.08 bits per heavy atom. The first-order valence-electron chi connectivity index (χ1n) is 9.58. The normalized spacial score (nSPS) is 15.3. The van der Waals surface area contributed by atoms with Crippen LogP contribution in [0.3, 0.4) is 0 Å². The second-order valence-electron chi connectivity index (χ2n) is 5.19. The molecule has 1 unspecified atom stereocenters. The highest BCUT2D eigenvalue weighted by atomic mass is 16.2. The molecule has 0 saturated carbocycles. The number of amides is 3. The number of nitrogens with zero attached hydrogens (tertiary/aromatic N) is 1. The Morgan fingerprint density at radius 3 is 1.96 bits per heavy atom. The van der Waals surface area contributed by atoms with Gasteiger partial charge in [0.15, 0.2) is 0 Å². The van der Waals surface area contributed by atoms with E-state index in [-0.39, 0.29) is 36.6 Å². The molecule has 1 aliphatic rings. The number of hydrogen-bond donors (Lipinski definition) is 1. The maximum Gasteiger partial charge on any atom is 0.240 e. The van der Waals surface area contributed by atoms with Crippen LogP contribution in [0.2, 0.25) is 0 Å². The lowest BCUT2D eigenvalue weighted by Gasteiger charge is -2.13. The van der Waals surface area contributed by atoms with E-state index < -0.39 is 0 Å². The molecule has 24 heavy (non-hydrogen) atoms. The molecule has 0 spiro atoms. The molecule has 1 heterocycles. The first-order chi connectivity index (χ1) is 11.5. The zero-order chi connectivity index (χ0) is 19.5. The summed E-state index contributed by atoms with van der Waals surface area (Å²) in [5.74, 6) is -1.02. The van der Waals surface area contributed by atoms with Gasteiger partial charge in [0.25, 0.3) is 0 Å². The summed E-state index contributed by atoms with van der Waals surface area (Å²) in [4.78, 5) is 35.5. The van der Waals surface area contributed by atoms with Gasteiger partial charge in [0.2, 0.25) is 17.7 Å². The number of likely N-dealkylation sites (tertiary alicyclic amines) is 1. The smallest absolute Gasteiger partial charge is 0.240 e. The first-order valence-corrected chi connectivity index (χ1v) is 9.58. The van der Waals surface area contributed by atoms with Gasteiger partial charge in [-0.15, -0.1) is 0 Å². The quantitative estimate of drug-likeness (QED) is 0.581. The van der Waals surface area contributed by atoms with Crippen molar-refractivity contribution in [2.24, 2.45) is 5.92 Å². The summed E-state index contributed by atoms with van der Waals surface area (Å²) in [6.45, 7) is 16.5. The molecule has 144 valence electrons. The highest BCUT2D eigenvalue weighted by Gasteiger charge is 2.36. The Morgan fingerprint density at radius 2 is 1.58 bits per heavy atom. The third-order valence-corrected chi connectivity index (χ3v) is 2.87. The Kier molecular flexibility index (Phi) is 22.5. The summed E-state index contributed by atoms with van der Waals surface area (Å²) in [7, 11) is 0. The molecule has 1 atom stereocenters. The molecule has 5 heteroatoms. The fourth-order valence-electron chi connectivity index (χ4n) is 1.82. The molecule has 0 aliphatic carbocycles. The third-order valence-electron chi connectivity index (χ3n) is 2.87. The molecule has 0 bridgehead atoms. The molecule has 1 saturated heterocycles. The molecule has 0 aromatic carbocycles. The van der Waals surface area contributed by atoms with Gasteiger partial charge in [-0.1, -0.05) is 74.7 Å². The van der Waals surface area contributed by atoms with Crippen LogP contribution in [0, 0.1) is 5.92 Å². The largest absolute Gasteiger partial charge is 0.355 e. The summed E-state index contributed by atoms with van der Waals surface area (Å²) in [6, 6.07) is 0. The summed E-state index contributed by atoms with van der Waals surface area (Å²) in [5, 5.41) is 2.72. The minimum Gasteiger partial charge on any atom is -0.355 e. The fourth-order valence-corrected chi connectivity index (χ4v) is 1.82. The van der Waals surface area contributed by atoms with E-state index >= 15 is 0 Å². The zero-order valence-corrected chi connectivity index (χ0v) is 17.2. The number of nitrogens with one attached hydrogen (secondary N) is 1. The molecule has 1 rings (SSSR count). The van der Waals surface area contributed by atoms with Crippen LogP contribution >= 0.6 is 0 Å². The van der Waals surface area contributed by atoms with E-state index in [0.29, 0.717) is 6.54 Å². The number of unbranched alkanes of at least 4 members (excludes halogenated alkanes) is 2. The van der Waals surface area contributed by atoms with Gasteiger partial charge in [-0.05, 0) is 6.42 Å². The highest BCUT2D eigenvalue weighted by molar-refractivity contribution is 6.05. The summed E-state index contributed by atoms with van der Waals surface area (Å²) in [5.41, 5.74) is 0. The Labute approximate surface area is 149 Å². The predicted molar refractivity (Wildman–Crippen MR) is 102 cm³/mol. The Hall–Kier alpha value is -1.39. The summed E-state index contributed by atoms with van der Waals surface area (Å²) in [6.07, 6.45) is 4.57. The lowest BCUT2D eigenvalue weighted by Crippen LogP contribution is -2.40. The van der Waals surface area contributed by atoms with Crippen LogP contribution in [-0.2, 0) is 14.4 Å². The molecule has 0 radical (unpaired) electrons. The maximum atomic E-state index is 11.6. The van der Waals surface area contributed by atoms with Crippen molar-refractivity contribution < 1.29 is 14.4 Å². The lowest BCUT2D eigenvalue weighted by molar-refractivity contribution is -0.143. The zero-order valence-electron chi connectivity index (χ0n) is 17.2. The minimum absolute atomic E-state index is 0.131. The van der Waals surface area contributed by atoms with Crippen LogP contribution in [0.1, 0.15) is 87.5 Å². The predicted octanol–water partition coefficient (Wildman–Crippen LogP) is 4.16. The minimum atomic E-state index is -0.282. The van der Waals surface area contributed by atoms with Gasteiger partial charge >= 0.3 is 0 Å². The topological polar surface area (TPSA) is 66.5 Å². The van der Waals surface area contributed by atoms with E-state index in [1.54, 1.807) is 6.92 Å². The first kappa shape index (κ1) is 27.5. The second-order valence-corrected chi connectivity index (χ2v) is 5.19. The Balaban J connectivity index is -0.000000549. The molecule has 0 aromatic heterocycles. The van der Waals surface area contributed by atoms with Gasteiger partial charge in [-0.25, -0.2) is 0 Å². The van der Waals surface area contributed by atoms with E-state index in [1.165, 1.54) is 6.42 Å². The molecule has 1 aliphatic heterocycles. The van der Waals surface area contributed by atoms with Crippen LogP contribution < -0.4 is 5.32 Å². The van der Waals surface area contributed by atoms with Crippen molar-refractivity contribution in [2.75, 3.05) is 13.1 Å². The van der Waals surface area contributed by atoms with Crippen molar-refractivity contribution in [3.8, 4) is 0 Å². The van der Waals surface area contributed by atoms with E-state index in [1.807, 2.05) is 27.7 Å². The molecule has 1 fully saturated rings. The monoisotopic (exact) mass is 344 g/mol. The summed E-state index contributed by atoms with van der Waals surface area (Å²) >= 11 is 0. The molecular formula is C19H40N2O3. The molecule has 3 amide bonds. The van der Waals surface area contributed by atoms with E-state index in [0.717, 1.165) is 24.2 Å². The second kappa shape index (κ2) is 19.7. The standard InChI is InChI=1S/C12H20N2O3.C3H8.2C2H6/c1-3-4-5-6-13-10(15)8-14-11(16)7-9(2)12(14)17;1-3-2;2*1-2/h9H,3-8H2,1-2H3,(H,13,15);3H2,1-2H3;2*1-2H3. The van der Waals surface area contributed by atoms with Crippen LogP contribution in [0.15, 0.2) is 0 Å². The van der Waals surface area contributed by atoms with Gasteiger partial charge < -0.3 is 5.32 Å². The van der Waals surface area contributed by atoms with Crippen molar-refractivity contribution in [1.82, 2.24) is 10.2 Å². The summed E-state index contributed by atoms with van der Waals surface area (Å²) < 4.78 is 0. The van der Waals surface area contributed by atoms with Gasteiger partial charge in [0.05, 0.1) is 0 Å². The average molecular weight is 345 g/mol. The van der Waals surface area contributed by atoms with Gasteiger partial charge in [0.1, 0.15) is 6.54 Å². The molecule has 1 N–H and O–H groups in total. The van der Waals surface area contributed by atoms with Crippen LogP contribution in [-0.4, -0.2) is 35.7 Å². The SMILES string of the molecule is CC.CC.CCC.CCCCCNC(=O)CN1C(=O)CC(C)C1=O. The van der Waals surface area contributed by atoms with E-state index in [4.69, 9.17) is 0 Å². The molecular weight excluding hydrogens is 304 g/mol. The van der Waals surface area contributed by atoms with E-state index in [2.05, 4.69) is 26.1 Å². The fraction of sp³-hybridized carbons (Fsp3) is 0.842. The third kappa shape index (κ3) is 13.1. The number of rotatable bonds is 6.